The van der Waals surface area contributed by atoms with Crippen molar-refractivity contribution in [2.24, 2.45) is 10.8 Å². The maximum atomic E-state index is 9.81. The lowest BCUT2D eigenvalue weighted by molar-refractivity contribution is 0.0774. The fourth-order valence-electron chi connectivity index (χ4n) is 3.24. The van der Waals surface area contributed by atoms with Crippen molar-refractivity contribution in [2.75, 3.05) is 0 Å². The van der Waals surface area contributed by atoms with Gasteiger partial charge in [-0.2, -0.15) is 0 Å². The summed E-state index contributed by atoms with van der Waals surface area (Å²) in [5, 5.41) is 9.81. The molecular formula is C14H16O. The van der Waals surface area contributed by atoms with Gasteiger partial charge in [0.15, 0.2) is 0 Å². The van der Waals surface area contributed by atoms with Gasteiger partial charge >= 0.3 is 0 Å². The molecule has 15 heavy (non-hydrogen) atoms. The number of aliphatic hydroxyl groups is 1. The van der Waals surface area contributed by atoms with E-state index in [0.717, 1.165) is 19.3 Å². The van der Waals surface area contributed by atoms with E-state index in [-0.39, 0.29) is 16.9 Å². The molecular weight excluding hydrogens is 184 g/mol. The van der Waals surface area contributed by atoms with Crippen molar-refractivity contribution in [3.63, 3.8) is 0 Å². The molecule has 3 aliphatic rings. The molecule has 0 aromatic rings. The molecule has 3 atom stereocenters. The molecule has 3 rings (SSSR count). The molecule has 0 aromatic heterocycles. The van der Waals surface area contributed by atoms with Crippen LogP contribution in [-0.4, -0.2) is 11.2 Å². The third kappa shape index (κ3) is 1.13. The molecule has 78 valence electrons. The van der Waals surface area contributed by atoms with Gasteiger partial charge in [-0.1, -0.05) is 48.6 Å². The number of rotatable bonds is 0. The van der Waals surface area contributed by atoms with E-state index >= 15 is 0 Å². The number of aliphatic hydroxyl groups excluding tert-OH is 1. The van der Waals surface area contributed by atoms with E-state index in [2.05, 4.69) is 42.5 Å². The predicted octanol–water partition coefficient (Wildman–Crippen LogP) is 2.76. The van der Waals surface area contributed by atoms with Crippen molar-refractivity contribution in [3.05, 3.63) is 48.6 Å². The largest absolute Gasteiger partial charge is 0.389 e. The third-order valence-corrected chi connectivity index (χ3v) is 4.14. The minimum atomic E-state index is -0.277. The third-order valence-electron chi connectivity index (χ3n) is 4.14. The first-order valence-electron chi connectivity index (χ1n) is 5.66. The predicted molar refractivity (Wildman–Crippen MR) is 61.3 cm³/mol. The monoisotopic (exact) mass is 200 g/mol. The lowest BCUT2D eigenvalue weighted by Gasteiger charge is -2.52. The van der Waals surface area contributed by atoms with Gasteiger partial charge in [-0.3, -0.25) is 0 Å². The Kier molecular flexibility index (Phi) is 1.81. The normalized spacial score (nSPS) is 46.3. The van der Waals surface area contributed by atoms with Gasteiger partial charge in [-0.15, -0.1) is 0 Å². The molecule has 1 N–H and O–H groups in total. The second-order valence-corrected chi connectivity index (χ2v) is 4.92. The number of hydrogen-bond donors (Lipinski definition) is 1. The summed E-state index contributed by atoms with van der Waals surface area (Å²) < 4.78 is 0. The van der Waals surface area contributed by atoms with Crippen molar-refractivity contribution in [1.29, 1.82) is 0 Å². The Hall–Kier alpha value is -1.08. The van der Waals surface area contributed by atoms with Crippen molar-refractivity contribution in [3.8, 4) is 0 Å². The SMILES string of the molecule is O[C@@H]1C=C[C@@]23C=CC=C[C@]2(CC=CC3)C1. The van der Waals surface area contributed by atoms with E-state index in [0.29, 0.717) is 0 Å². The summed E-state index contributed by atoms with van der Waals surface area (Å²) in [6.07, 6.45) is 20.3. The summed E-state index contributed by atoms with van der Waals surface area (Å²) in [6.45, 7) is 0. The fraction of sp³-hybridized carbons (Fsp3) is 0.429. The summed E-state index contributed by atoms with van der Waals surface area (Å²) >= 11 is 0. The van der Waals surface area contributed by atoms with E-state index in [1.165, 1.54) is 0 Å². The van der Waals surface area contributed by atoms with Crippen LogP contribution in [0.25, 0.3) is 0 Å². The molecule has 0 radical (unpaired) electrons. The van der Waals surface area contributed by atoms with Crippen molar-refractivity contribution in [2.45, 2.75) is 25.4 Å². The van der Waals surface area contributed by atoms with E-state index < -0.39 is 0 Å². The molecule has 0 saturated carbocycles. The Morgan fingerprint density at radius 1 is 1.00 bits per heavy atom. The van der Waals surface area contributed by atoms with Crippen molar-refractivity contribution >= 4 is 0 Å². The van der Waals surface area contributed by atoms with Gasteiger partial charge < -0.3 is 5.11 Å². The zero-order valence-electron chi connectivity index (χ0n) is 8.76. The first kappa shape index (κ1) is 9.17. The average Bonchev–Trinajstić information content (AvgIpc) is 2.27. The maximum absolute atomic E-state index is 9.81. The minimum absolute atomic E-state index is 0.130. The van der Waals surface area contributed by atoms with Crippen LogP contribution in [0.2, 0.25) is 0 Å². The van der Waals surface area contributed by atoms with E-state index in [4.69, 9.17) is 0 Å². The second kappa shape index (κ2) is 2.96. The van der Waals surface area contributed by atoms with Crippen LogP contribution >= 0.6 is 0 Å². The zero-order valence-corrected chi connectivity index (χ0v) is 8.76. The number of allylic oxidation sites excluding steroid dienone is 7. The molecule has 0 aliphatic heterocycles. The van der Waals surface area contributed by atoms with Crippen LogP contribution in [0.5, 0.6) is 0 Å². The van der Waals surface area contributed by atoms with Crippen LogP contribution in [0.1, 0.15) is 19.3 Å². The van der Waals surface area contributed by atoms with Gasteiger partial charge in [0.2, 0.25) is 0 Å². The van der Waals surface area contributed by atoms with Crippen LogP contribution in [0, 0.1) is 10.8 Å². The molecule has 0 fully saturated rings. The van der Waals surface area contributed by atoms with Crippen LogP contribution in [0.3, 0.4) is 0 Å². The van der Waals surface area contributed by atoms with Crippen molar-refractivity contribution < 1.29 is 5.11 Å². The lowest BCUT2D eigenvalue weighted by Crippen LogP contribution is -2.45. The molecule has 0 amide bonds. The van der Waals surface area contributed by atoms with Gasteiger partial charge in [-0.25, -0.2) is 0 Å². The molecule has 0 spiro atoms. The van der Waals surface area contributed by atoms with Gasteiger partial charge in [0.1, 0.15) is 0 Å². The Morgan fingerprint density at radius 3 is 2.73 bits per heavy atom. The Bertz CT molecular complexity index is 388. The molecule has 0 aromatic carbocycles. The van der Waals surface area contributed by atoms with E-state index in [1.807, 2.05) is 6.08 Å². The zero-order chi connectivity index (χ0) is 10.4. The first-order valence-corrected chi connectivity index (χ1v) is 5.66. The van der Waals surface area contributed by atoms with Crippen LogP contribution in [0.4, 0.5) is 0 Å². The highest BCUT2D eigenvalue weighted by molar-refractivity contribution is 5.37. The van der Waals surface area contributed by atoms with Gasteiger partial charge in [-0.05, 0) is 19.3 Å². The summed E-state index contributed by atoms with van der Waals surface area (Å²) in [5.41, 5.74) is 0.264. The number of hydrogen-bond acceptors (Lipinski definition) is 1. The van der Waals surface area contributed by atoms with Crippen LogP contribution in [-0.2, 0) is 0 Å². The highest BCUT2D eigenvalue weighted by Crippen LogP contribution is 2.57. The average molecular weight is 200 g/mol. The smallest absolute Gasteiger partial charge is 0.0730 e. The molecule has 0 unspecified atom stereocenters. The molecule has 0 saturated heterocycles. The Balaban J connectivity index is 2.15. The topological polar surface area (TPSA) is 20.2 Å². The molecule has 0 bridgehead atoms. The van der Waals surface area contributed by atoms with E-state index in [9.17, 15) is 5.11 Å². The quantitative estimate of drug-likeness (QED) is 0.596. The van der Waals surface area contributed by atoms with E-state index in [1.54, 1.807) is 0 Å². The maximum Gasteiger partial charge on any atom is 0.0730 e. The highest BCUT2D eigenvalue weighted by Gasteiger charge is 2.49. The van der Waals surface area contributed by atoms with Gasteiger partial charge in [0.05, 0.1) is 6.10 Å². The first-order chi connectivity index (χ1) is 7.27. The van der Waals surface area contributed by atoms with Crippen LogP contribution < -0.4 is 0 Å². The van der Waals surface area contributed by atoms with Crippen molar-refractivity contribution in [1.82, 2.24) is 0 Å². The van der Waals surface area contributed by atoms with Gasteiger partial charge in [0, 0.05) is 10.8 Å². The van der Waals surface area contributed by atoms with Crippen LogP contribution in [0.15, 0.2) is 48.6 Å². The second-order valence-electron chi connectivity index (χ2n) is 4.92. The lowest BCUT2D eigenvalue weighted by atomic mass is 9.52. The summed E-state index contributed by atoms with van der Waals surface area (Å²) in [4.78, 5) is 0. The summed E-state index contributed by atoms with van der Waals surface area (Å²) in [5.74, 6) is 0. The Morgan fingerprint density at radius 2 is 1.80 bits per heavy atom. The van der Waals surface area contributed by atoms with Gasteiger partial charge in [0.25, 0.3) is 0 Å². The molecule has 1 heteroatoms. The Labute approximate surface area is 90.5 Å². The standard InChI is InChI=1S/C14H16O/c15-12-5-10-13-6-1-3-8-14(13,11-12)9-4-2-7-13/h1-6,8,10,12,15H,7,9,11H2/t12-,13+,14+/m1/s1. The minimum Gasteiger partial charge on any atom is -0.389 e. The summed E-state index contributed by atoms with van der Waals surface area (Å²) in [7, 11) is 0. The fourth-order valence-corrected chi connectivity index (χ4v) is 3.24. The summed E-state index contributed by atoms with van der Waals surface area (Å²) in [6, 6.07) is 0. The highest BCUT2D eigenvalue weighted by atomic mass is 16.3. The molecule has 3 aliphatic carbocycles. The molecule has 0 heterocycles. The molecule has 1 nitrogen and oxygen atoms in total.